The smallest absolute Gasteiger partial charge is 0.308 e. The number of anilines is 2. The number of amides is 3. The summed E-state index contributed by atoms with van der Waals surface area (Å²) in [5.41, 5.74) is 2.14. The van der Waals surface area contributed by atoms with Crippen molar-refractivity contribution in [2.24, 2.45) is 5.92 Å². The van der Waals surface area contributed by atoms with Gasteiger partial charge in [-0.05, 0) is 35.9 Å². The zero-order valence-electron chi connectivity index (χ0n) is 19.2. The number of carbonyl (C=O) groups excluding carboxylic acids is 4. The molecule has 1 atom stereocenters. The first-order chi connectivity index (χ1) is 16.9. The van der Waals surface area contributed by atoms with Crippen LogP contribution in [0, 0.1) is 5.92 Å². The molecule has 1 aliphatic heterocycles. The van der Waals surface area contributed by atoms with Crippen molar-refractivity contribution in [3.05, 3.63) is 90.0 Å². The third-order valence-corrected chi connectivity index (χ3v) is 5.59. The lowest BCUT2D eigenvalue weighted by Crippen LogP contribution is -2.28. The van der Waals surface area contributed by atoms with Gasteiger partial charge in [0.25, 0.3) is 5.91 Å². The molecule has 0 aromatic heterocycles. The summed E-state index contributed by atoms with van der Waals surface area (Å²) >= 11 is 0. The van der Waals surface area contributed by atoms with E-state index in [-0.39, 0.29) is 24.0 Å². The van der Waals surface area contributed by atoms with Gasteiger partial charge in [0.05, 0.1) is 17.3 Å². The minimum atomic E-state index is -0.490. The Bertz CT molecular complexity index is 1260. The van der Waals surface area contributed by atoms with Crippen LogP contribution in [0.25, 0.3) is 0 Å². The van der Waals surface area contributed by atoms with E-state index in [2.05, 4.69) is 10.6 Å². The largest absolute Gasteiger partial charge is 0.427 e. The van der Waals surface area contributed by atoms with Crippen molar-refractivity contribution >= 4 is 35.1 Å². The minimum absolute atomic E-state index is 0.0664. The number of nitrogens with one attached hydrogen (secondary N) is 2. The predicted octanol–water partition coefficient (Wildman–Crippen LogP) is 3.85. The fraction of sp³-hybridized carbons (Fsp3) is 0.185. The van der Waals surface area contributed by atoms with Crippen LogP contribution in [0.15, 0.2) is 78.9 Å². The highest BCUT2D eigenvalue weighted by atomic mass is 16.5. The van der Waals surface area contributed by atoms with Gasteiger partial charge in [-0.3, -0.25) is 19.2 Å². The number of para-hydroxylation sites is 2. The van der Waals surface area contributed by atoms with E-state index in [4.69, 9.17) is 4.74 Å². The standard InChI is InChI=1S/C27H25N3O5/c1-18(31)35-22-11-7-10-20(14-22)26(33)28-23-12-5-6-13-24(23)29-27(34)21-15-25(32)30(17-21)16-19-8-3-2-4-9-19/h2-14,21H,15-17H2,1H3,(H,28,33)(H,29,34). The lowest BCUT2D eigenvalue weighted by molar-refractivity contribution is -0.132. The first kappa shape index (κ1) is 23.7. The Kier molecular flexibility index (Phi) is 7.21. The predicted molar refractivity (Wildman–Crippen MR) is 131 cm³/mol. The number of benzene rings is 3. The van der Waals surface area contributed by atoms with E-state index >= 15 is 0 Å². The molecule has 1 fully saturated rings. The molecule has 1 heterocycles. The molecule has 1 unspecified atom stereocenters. The minimum Gasteiger partial charge on any atom is -0.427 e. The summed E-state index contributed by atoms with van der Waals surface area (Å²) in [6, 6.07) is 22.7. The van der Waals surface area contributed by atoms with Crippen molar-refractivity contribution in [1.29, 1.82) is 0 Å². The Morgan fingerprint density at radius 1 is 0.914 bits per heavy atom. The van der Waals surface area contributed by atoms with Crippen LogP contribution in [0.1, 0.15) is 29.3 Å². The summed E-state index contributed by atoms with van der Waals surface area (Å²) in [6.45, 7) is 2.07. The number of likely N-dealkylation sites (tertiary alicyclic amines) is 1. The zero-order chi connectivity index (χ0) is 24.8. The molecule has 0 bridgehead atoms. The molecular weight excluding hydrogens is 446 g/mol. The van der Waals surface area contributed by atoms with Gasteiger partial charge >= 0.3 is 5.97 Å². The molecule has 3 amide bonds. The number of hydrogen-bond donors (Lipinski definition) is 2. The van der Waals surface area contributed by atoms with E-state index in [0.717, 1.165) is 5.56 Å². The maximum Gasteiger partial charge on any atom is 0.308 e. The van der Waals surface area contributed by atoms with Crippen molar-refractivity contribution in [3.8, 4) is 5.75 Å². The maximum atomic E-state index is 13.0. The molecule has 0 spiro atoms. The number of ether oxygens (including phenoxy) is 1. The lowest BCUT2D eigenvalue weighted by atomic mass is 10.1. The van der Waals surface area contributed by atoms with Crippen LogP contribution in [0.4, 0.5) is 11.4 Å². The van der Waals surface area contributed by atoms with Crippen molar-refractivity contribution < 1.29 is 23.9 Å². The highest BCUT2D eigenvalue weighted by molar-refractivity contribution is 6.08. The molecule has 4 rings (SSSR count). The molecule has 8 heteroatoms. The Morgan fingerprint density at radius 3 is 2.31 bits per heavy atom. The van der Waals surface area contributed by atoms with Gasteiger partial charge < -0.3 is 20.3 Å². The Morgan fingerprint density at radius 2 is 1.60 bits per heavy atom. The second-order valence-corrected chi connectivity index (χ2v) is 8.27. The number of hydrogen-bond acceptors (Lipinski definition) is 5. The Hall–Kier alpha value is -4.46. The molecule has 1 saturated heterocycles. The summed E-state index contributed by atoms with van der Waals surface area (Å²) in [5, 5.41) is 5.63. The first-order valence-corrected chi connectivity index (χ1v) is 11.2. The summed E-state index contributed by atoms with van der Waals surface area (Å²) < 4.78 is 5.04. The Balaban J connectivity index is 1.41. The van der Waals surface area contributed by atoms with Crippen LogP contribution in [0.2, 0.25) is 0 Å². The monoisotopic (exact) mass is 471 g/mol. The van der Waals surface area contributed by atoms with Crippen LogP contribution < -0.4 is 15.4 Å². The van der Waals surface area contributed by atoms with Gasteiger partial charge in [0.2, 0.25) is 11.8 Å². The molecule has 3 aromatic carbocycles. The summed E-state index contributed by atoms with van der Waals surface area (Å²) in [6.07, 6.45) is 0.135. The van der Waals surface area contributed by atoms with E-state index in [1.807, 2.05) is 30.3 Å². The molecule has 8 nitrogen and oxygen atoms in total. The average Bonchev–Trinajstić information content (AvgIpc) is 3.21. The number of rotatable bonds is 7. The zero-order valence-corrected chi connectivity index (χ0v) is 19.2. The van der Waals surface area contributed by atoms with Gasteiger partial charge in [0, 0.05) is 32.0 Å². The maximum absolute atomic E-state index is 13.0. The summed E-state index contributed by atoms with van der Waals surface area (Å²) in [5.74, 6) is -1.49. The molecule has 178 valence electrons. The quantitative estimate of drug-likeness (QED) is 0.402. The fourth-order valence-electron chi connectivity index (χ4n) is 3.90. The second-order valence-electron chi connectivity index (χ2n) is 8.27. The molecule has 2 N–H and O–H groups in total. The molecule has 1 aliphatic rings. The van der Waals surface area contributed by atoms with E-state index in [9.17, 15) is 19.2 Å². The van der Waals surface area contributed by atoms with Gasteiger partial charge in [0.15, 0.2) is 0 Å². The summed E-state index contributed by atoms with van der Waals surface area (Å²) in [4.78, 5) is 51.1. The van der Waals surface area contributed by atoms with Gasteiger partial charge in [-0.15, -0.1) is 0 Å². The van der Waals surface area contributed by atoms with Crippen LogP contribution in [-0.4, -0.2) is 35.1 Å². The van der Waals surface area contributed by atoms with Gasteiger partial charge in [0.1, 0.15) is 5.75 Å². The van der Waals surface area contributed by atoms with E-state index in [1.54, 1.807) is 47.4 Å². The van der Waals surface area contributed by atoms with Crippen molar-refractivity contribution in [1.82, 2.24) is 4.90 Å². The van der Waals surface area contributed by atoms with E-state index < -0.39 is 17.8 Å². The van der Waals surface area contributed by atoms with Crippen LogP contribution in [0.3, 0.4) is 0 Å². The molecule has 0 radical (unpaired) electrons. The number of nitrogens with zero attached hydrogens (tertiary/aromatic N) is 1. The molecular formula is C27H25N3O5. The SMILES string of the molecule is CC(=O)Oc1cccc(C(=O)Nc2ccccc2NC(=O)C2CC(=O)N(Cc3ccccc3)C2)c1. The number of carbonyl (C=O) groups is 4. The lowest BCUT2D eigenvalue weighted by Gasteiger charge is -2.17. The van der Waals surface area contributed by atoms with E-state index in [0.29, 0.717) is 30.0 Å². The van der Waals surface area contributed by atoms with Crippen LogP contribution in [-0.2, 0) is 20.9 Å². The van der Waals surface area contributed by atoms with Crippen molar-refractivity contribution in [2.75, 3.05) is 17.2 Å². The molecule has 3 aromatic rings. The fourth-order valence-corrected chi connectivity index (χ4v) is 3.90. The third-order valence-electron chi connectivity index (χ3n) is 5.59. The highest BCUT2D eigenvalue weighted by Gasteiger charge is 2.34. The van der Waals surface area contributed by atoms with Crippen LogP contribution in [0.5, 0.6) is 5.75 Å². The van der Waals surface area contributed by atoms with Gasteiger partial charge in [-0.1, -0.05) is 48.5 Å². The molecule has 35 heavy (non-hydrogen) atoms. The molecule has 0 aliphatic carbocycles. The number of esters is 1. The second kappa shape index (κ2) is 10.6. The van der Waals surface area contributed by atoms with Crippen molar-refractivity contribution in [3.63, 3.8) is 0 Å². The molecule has 0 saturated carbocycles. The average molecular weight is 472 g/mol. The topological polar surface area (TPSA) is 105 Å². The van der Waals surface area contributed by atoms with Gasteiger partial charge in [-0.2, -0.15) is 0 Å². The normalized spacial score (nSPS) is 14.9. The Labute approximate surface area is 202 Å². The van der Waals surface area contributed by atoms with E-state index in [1.165, 1.54) is 13.0 Å². The third kappa shape index (κ3) is 6.11. The van der Waals surface area contributed by atoms with Crippen molar-refractivity contribution in [2.45, 2.75) is 19.9 Å². The first-order valence-electron chi connectivity index (χ1n) is 11.2. The van der Waals surface area contributed by atoms with Gasteiger partial charge in [-0.25, -0.2) is 0 Å². The summed E-state index contributed by atoms with van der Waals surface area (Å²) in [7, 11) is 0. The van der Waals surface area contributed by atoms with Crippen LogP contribution >= 0.6 is 0 Å². The highest BCUT2D eigenvalue weighted by Crippen LogP contribution is 2.26.